The van der Waals surface area contributed by atoms with Gasteiger partial charge in [0.25, 0.3) is 0 Å². The first-order chi connectivity index (χ1) is 14.4. The number of aromatic nitrogens is 1. The van der Waals surface area contributed by atoms with E-state index in [1.54, 1.807) is 18.0 Å². The molecule has 0 aliphatic heterocycles. The number of hydrogen-bond donors (Lipinski definition) is 1. The largest absolute Gasteiger partial charge is 0.317 e. The average molecular weight is 420 g/mol. The second-order valence-electron chi connectivity index (χ2n) is 7.61. The van der Waals surface area contributed by atoms with E-state index < -0.39 is 0 Å². The van der Waals surface area contributed by atoms with Crippen LogP contribution in [0.15, 0.2) is 58.5 Å². The molecule has 1 N–H and O–H groups in total. The molecule has 156 valence electrons. The predicted octanol–water partition coefficient (Wildman–Crippen LogP) is 5.65. The highest BCUT2D eigenvalue weighted by Gasteiger charge is 2.13. The monoisotopic (exact) mass is 419 g/mol. The summed E-state index contributed by atoms with van der Waals surface area (Å²) >= 11 is 1.68. The van der Waals surface area contributed by atoms with Crippen molar-refractivity contribution < 1.29 is 4.79 Å². The Morgan fingerprint density at radius 1 is 1.03 bits per heavy atom. The lowest BCUT2D eigenvalue weighted by Crippen LogP contribution is -2.17. The summed E-state index contributed by atoms with van der Waals surface area (Å²) in [5.74, 6) is 0.653. The van der Waals surface area contributed by atoms with E-state index in [4.69, 9.17) is 0 Å². The second-order valence-corrected chi connectivity index (χ2v) is 8.78. The Kier molecular flexibility index (Phi) is 7.16. The zero-order valence-electron chi connectivity index (χ0n) is 18.3. The highest BCUT2D eigenvalue weighted by atomic mass is 32.2. The lowest BCUT2D eigenvalue weighted by atomic mass is 10.1. The fraction of sp³-hybridized carbons (Fsp3) is 0.280. The first-order valence-electron chi connectivity index (χ1n) is 10.1. The Hall–Kier alpha value is -2.79. The Balaban J connectivity index is 1.60. The number of carbonyl (C=O) groups excluding carboxylic acids is 1. The van der Waals surface area contributed by atoms with Crippen molar-refractivity contribution in [2.45, 2.75) is 45.9 Å². The van der Waals surface area contributed by atoms with E-state index in [-0.39, 0.29) is 5.91 Å². The fourth-order valence-corrected chi connectivity index (χ4v) is 4.40. The van der Waals surface area contributed by atoms with Crippen molar-refractivity contribution in [2.75, 3.05) is 5.75 Å². The molecular formula is C25H29N3OS. The van der Waals surface area contributed by atoms with E-state index in [1.807, 2.05) is 0 Å². The summed E-state index contributed by atoms with van der Waals surface area (Å²) in [6, 6.07) is 16.8. The molecule has 0 aliphatic rings. The quantitative estimate of drug-likeness (QED) is 0.305. The smallest absolute Gasteiger partial charge is 0.240 e. The zero-order valence-corrected chi connectivity index (χ0v) is 19.1. The third-order valence-electron chi connectivity index (χ3n) is 5.15. The Morgan fingerprint density at radius 2 is 1.70 bits per heavy atom. The molecule has 0 radical (unpaired) electrons. The van der Waals surface area contributed by atoms with Crippen molar-refractivity contribution in [3.63, 3.8) is 0 Å². The molecule has 30 heavy (non-hydrogen) atoms. The zero-order chi connectivity index (χ0) is 21.7. The maximum atomic E-state index is 12.1. The predicted molar refractivity (Wildman–Crippen MR) is 127 cm³/mol. The summed E-state index contributed by atoms with van der Waals surface area (Å²) in [6.45, 7) is 10.5. The van der Waals surface area contributed by atoms with Crippen molar-refractivity contribution in [1.29, 1.82) is 0 Å². The number of benzene rings is 2. The van der Waals surface area contributed by atoms with Crippen LogP contribution in [0.1, 0.15) is 40.1 Å². The van der Waals surface area contributed by atoms with Crippen molar-refractivity contribution in [2.24, 2.45) is 5.10 Å². The van der Waals surface area contributed by atoms with Gasteiger partial charge in [0.1, 0.15) is 0 Å². The van der Waals surface area contributed by atoms with Gasteiger partial charge in [0.05, 0.1) is 11.9 Å². The molecular weight excluding hydrogens is 390 g/mol. The van der Waals surface area contributed by atoms with Crippen LogP contribution in [0.3, 0.4) is 0 Å². The molecule has 1 amide bonds. The molecule has 0 saturated carbocycles. The highest BCUT2D eigenvalue weighted by molar-refractivity contribution is 7.99. The Bertz CT molecular complexity index is 1040. The number of amides is 1. The van der Waals surface area contributed by atoms with Gasteiger partial charge in [0.2, 0.25) is 5.91 Å². The van der Waals surface area contributed by atoms with E-state index in [1.165, 1.54) is 27.3 Å². The summed E-state index contributed by atoms with van der Waals surface area (Å²) in [4.78, 5) is 13.3. The molecule has 3 aromatic rings. The van der Waals surface area contributed by atoms with Crippen LogP contribution in [0, 0.1) is 34.6 Å². The molecule has 0 fully saturated rings. The fourth-order valence-electron chi connectivity index (χ4n) is 3.55. The minimum absolute atomic E-state index is 0.0746. The van der Waals surface area contributed by atoms with Gasteiger partial charge in [0, 0.05) is 34.0 Å². The van der Waals surface area contributed by atoms with Gasteiger partial charge in [0.15, 0.2) is 0 Å². The molecule has 4 nitrogen and oxygen atoms in total. The third kappa shape index (κ3) is 5.22. The summed E-state index contributed by atoms with van der Waals surface area (Å²) in [6.07, 6.45) is 2.16. The Labute approximate surface area is 183 Å². The summed E-state index contributed by atoms with van der Waals surface area (Å²) in [5.41, 5.74) is 10.8. The van der Waals surface area contributed by atoms with Crippen molar-refractivity contribution >= 4 is 23.9 Å². The normalized spacial score (nSPS) is 11.2. The standard InChI is InChI=1S/C25H29N3OS/c1-17-9-11-23(12-10-17)30-14-13-24(29)27-26-16-22-15-20(4)28(21(22)5)25-18(2)7-6-8-19(25)3/h6-12,15-16H,13-14H2,1-5H3,(H,27,29)/b26-16-. The minimum atomic E-state index is -0.0746. The van der Waals surface area contributed by atoms with Gasteiger partial charge in [-0.3, -0.25) is 4.79 Å². The molecule has 5 heteroatoms. The lowest BCUT2D eigenvalue weighted by molar-refractivity contribution is -0.120. The first kappa shape index (κ1) is 21.9. The van der Waals surface area contributed by atoms with Crippen LogP contribution in [-0.4, -0.2) is 22.4 Å². The van der Waals surface area contributed by atoms with Crippen molar-refractivity contribution in [1.82, 2.24) is 9.99 Å². The number of carbonyl (C=O) groups is 1. The highest BCUT2D eigenvalue weighted by Crippen LogP contribution is 2.25. The van der Waals surface area contributed by atoms with Gasteiger partial charge in [-0.25, -0.2) is 5.43 Å². The van der Waals surface area contributed by atoms with Crippen LogP contribution in [-0.2, 0) is 4.79 Å². The van der Waals surface area contributed by atoms with E-state index in [9.17, 15) is 4.79 Å². The summed E-state index contributed by atoms with van der Waals surface area (Å²) in [5, 5.41) is 4.19. The van der Waals surface area contributed by atoms with Crippen LogP contribution in [0.2, 0.25) is 0 Å². The van der Waals surface area contributed by atoms with Gasteiger partial charge >= 0.3 is 0 Å². The molecule has 0 bridgehead atoms. The van der Waals surface area contributed by atoms with Gasteiger partial charge in [-0.2, -0.15) is 5.10 Å². The maximum Gasteiger partial charge on any atom is 0.240 e. The van der Waals surface area contributed by atoms with Gasteiger partial charge in [-0.1, -0.05) is 35.9 Å². The third-order valence-corrected chi connectivity index (χ3v) is 6.16. The van der Waals surface area contributed by atoms with Crippen LogP contribution in [0.25, 0.3) is 5.69 Å². The SMILES string of the molecule is Cc1ccc(SCCC(=O)N/N=C\c2cc(C)n(-c3c(C)cccc3C)c2C)cc1. The molecule has 0 saturated heterocycles. The lowest BCUT2D eigenvalue weighted by Gasteiger charge is -2.15. The topological polar surface area (TPSA) is 46.4 Å². The number of rotatable bonds is 7. The molecule has 3 rings (SSSR count). The van der Waals surface area contributed by atoms with Crippen LogP contribution in [0.5, 0.6) is 0 Å². The Morgan fingerprint density at radius 3 is 2.37 bits per heavy atom. The van der Waals surface area contributed by atoms with E-state index in [0.29, 0.717) is 6.42 Å². The summed E-state index contributed by atoms with van der Waals surface area (Å²) < 4.78 is 2.26. The number of para-hydroxylation sites is 1. The van der Waals surface area contributed by atoms with Crippen molar-refractivity contribution in [3.8, 4) is 5.69 Å². The molecule has 0 spiro atoms. The van der Waals surface area contributed by atoms with Crippen LogP contribution >= 0.6 is 11.8 Å². The van der Waals surface area contributed by atoms with Gasteiger partial charge in [-0.15, -0.1) is 11.8 Å². The number of nitrogens with zero attached hydrogens (tertiary/aromatic N) is 2. The maximum absolute atomic E-state index is 12.1. The van der Waals surface area contributed by atoms with E-state index in [2.05, 4.69) is 98.2 Å². The number of aryl methyl sites for hydroxylation is 4. The average Bonchev–Trinajstić information content (AvgIpc) is 2.97. The number of hydrogen-bond acceptors (Lipinski definition) is 3. The molecule has 0 aliphatic carbocycles. The number of nitrogens with one attached hydrogen (secondary N) is 1. The van der Waals surface area contributed by atoms with E-state index in [0.717, 1.165) is 22.7 Å². The molecule has 1 heterocycles. The van der Waals surface area contributed by atoms with Crippen molar-refractivity contribution in [3.05, 3.63) is 82.2 Å². The number of hydrazone groups is 1. The molecule has 0 unspecified atom stereocenters. The molecule has 0 atom stereocenters. The summed E-state index contributed by atoms with van der Waals surface area (Å²) in [7, 11) is 0. The number of thioether (sulfide) groups is 1. The van der Waals surface area contributed by atoms with E-state index >= 15 is 0 Å². The first-order valence-corrected chi connectivity index (χ1v) is 11.1. The minimum Gasteiger partial charge on any atom is -0.317 e. The molecule has 1 aromatic heterocycles. The second kappa shape index (κ2) is 9.81. The molecule has 2 aromatic carbocycles. The van der Waals surface area contributed by atoms with Gasteiger partial charge in [-0.05, 0) is 63.9 Å². The van der Waals surface area contributed by atoms with Crippen LogP contribution < -0.4 is 5.43 Å². The van der Waals surface area contributed by atoms with Crippen LogP contribution in [0.4, 0.5) is 0 Å². The van der Waals surface area contributed by atoms with Gasteiger partial charge < -0.3 is 4.57 Å².